The molecule has 0 aliphatic carbocycles. The maximum absolute atomic E-state index is 5.51. The molecule has 0 aliphatic rings. The second-order valence-electron chi connectivity index (χ2n) is 4.02. The fourth-order valence-electron chi connectivity index (χ4n) is 1.49. The number of hydrogen-bond acceptors (Lipinski definition) is 3. The highest BCUT2D eigenvalue weighted by Crippen LogP contribution is 2.14. The zero-order chi connectivity index (χ0) is 11.4. The van der Waals surface area contributed by atoms with Crippen LogP contribution in [0.25, 0.3) is 11.0 Å². The van der Waals surface area contributed by atoms with Gasteiger partial charge in [-0.1, -0.05) is 26.0 Å². The molecule has 1 aromatic heterocycles. The van der Waals surface area contributed by atoms with Crippen LogP contribution in [0.3, 0.4) is 0 Å². The summed E-state index contributed by atoms with van der Waals surface area (Å²) in [4.78, 5) is 7.45. The normalized spacial score (nSPS) is 11.2. The van der Waals surface area contributed by atoms with Crippen LogP contribution in [0.15, 0.2) is 24.3 Å². The topological polar surface area (TPSA) is 49.9 Å². The van der Waals surface area contributed by atoms with Crippen LogP contribution in [0.5, 0.6) is 6.01 Å². The first-order valence-electron chi connectivity index (χ1n) is 5.56. The Balaban J connectivity index is 1.89. The fourth-order valence-corrected chi connectivity index (χ4v) is 1.49. The molecule has 1 aromatic carbocycles. The first-order valence-corrected chi connectivity index (χ1v) is 5.56. The minimum Gasteiger partial charge on any atom is -0.463 e. The van der Waals surface area contributed by atoms with Gasteiger partial charge >= 0.3 is 0 Å². The van der Waals surface area contributed by atoms with Crippen LogP contribution in [0.1, 0.15) is 13.8 Å². The maximum atomic E-state index is 5.51. The lowest BCUT2D eigenvalue weighted by molar-refractivity contribution is 0.289. The van der Waals surface area contributed by atoms with E-state index >= 15 is 0 Å². The minimum absolute atomic E-state index is 0.485. The number of rotatable bonds is 5. The Morgan fingerprint density at radius 1 is 1.38 bits per heavy atom. The van der Waals surface area contributed by atoms with Crippen LogP contribution in [-0.2, 0) is 0 Å². The van der Waals surface area contributed by atoms with Crippen molar-refractivity contribution < 1.29 is 4.74 Å². The maximum Gasteiger partial charge on any atom is 0.294 e. The van der Waals surface area contributed by atoms with Gasteiger partial charge in [0.25, 0.3) is 6.01 Å². The van der Waals surface area contributed by atoms with E-state index in [-0.39, 0.29) is 0 Å². The highest BCUT2D eigenvalue weighted by atomic mass is 16.5. The van der Waals surface area contributed by atoms with Crippen molar-refractivity contribution in [3.63, 3.8) is 0 Å². The van der Waals surface area contributed by atoms with E-state index in [0.29, 0.717) is 18.7 Å². The summed E-state index contributed by atoms with van der Waals surface area (Å²) in [5.74, 6) is 0. The van der Waals surface area contributed by atoms with Gasteiger partial charge in [0, 0.05) is 12.6 Å². The van der Waals surface area contributed by atoms with Gasteiger partial charge in [0.15, 0.2) is 0 Å². The van der Waals surface area contributed by atoms with E-state index in [4.69, 9.17) is 4.74 Å². The Morgan fingerprint density at radius 3 is 2.94 bits per heavy atom. The summed E-state index contributed by atoms with van der Waals surface area (Å²) in [6.07, 6.45) is 0. The molecule has 0 saturated heterocycles. The van der Waals surface area contributed by atoms with Crippen LogP contribution in [0.4, 0.5) is 0 Å². The number of hydrogen-bond donors (Lipinski definition) is 2. The number of para-hydroxylation sites is 2. The van der Waals surface area contributed by atoms with E-state index in [9.17, 15) is 0 Å². The molecular weight excluding hydrogens is 202 g/mol. The lowest BCUT2D eigenvalue weighted by atomic mass is 10.3. The average molecular weight is 219 g/mol. The van der Waals surface area contributed by atoms with E-state index in [1.165, 1.54) is 0 Å². The van der Waals surface area contributed by atoms with Crippen LogP contribution >= 0.6 is 0 Å². The molecule has 2 N–H and O–H groups in total. The van der Waals surface area contributed by atoms with Gasteiger partial charge in [0.1, 0.15) is 6.61 Å². The summed E-state index contributed by atoms with van der Waals surface area (Å²) in [7, 11) is 0. The third-order valence-electron chi connectivity index (χ3n) is 2.26. The van der Waals surface area contributed by atoms with Crippen molar-refractivity contribution in [2.75, 3.05) is 13.2 Å². The van der Waals surface area contributed by atoms with Gasteiger partial charge in [0.2, 0.25) is 0 Å². The molecule has 0 fully saturated rings. The smallest absolute Gasteiger partial charge is 0.294 e. The van der Waals surface area contributed by atoms with Crippen LogP contribution in [0, 0.1) is 0 Å². The molecule has 0 saturated carbocycles. The first kappa shape index (κ1) is 11.0. The zero-order valence-corrected chi connectivity index (χ0v) is 9.66. The number of imidazole rings is 1. The number of ether oxygens (including phenoxy) is 1. The number of benzene rings is 1. The van der Waals surface area contributed by atoms with Crippen LogP contribution in [0.2, 0.25) is 0 Å². The third-order valence-corrected chi connectivity index (χ3v) is 2.26. The standard InChI is InChI=1S/C12H17N3O/c1-9(2)13-7-8-16-12-14-10-5-3-4-6-11(10)15-12/h3-6,9,13H,7-8H2,1-2H3,(H,14,15). The van der Waals surface area contributed by atoms with Gasteiger partial charge in [-0.05, 0) is 12.1 Å². The number of fused-ring (bicyclic) bond motifs is 1. The van der Waals surface area contributed by atoms with E-state index in [1.807, 2.05) is 24.3 Å². The lowest BCUT2D eigenvalue weighted by Gasteiger charge is -2.07. The average Bonchev–Trinajstić information content (AvgIpc) is 2.66. The predicted molar refractivity (Wildman–Crippen MR) is 64.7 cm³/mol. The lowest BCUT2D eigenvalue weighted by Crippen LogP contribution is -2.27. The Labute approximate surface area is 95.0 Å². The monoisotopic (exact) mass is 219 g/mol. The molecule has 0 amide bonds. The quantitative estimate of drug-likeness (QED) is 0.755. The Hall–Kier alpha value is -1.55. The molecule has 0 spiro atoms. The van der Waals surface area contributed by atoms with E-state index in [2.05, 4.69) is 29.1 Å². The Kier molecular flexibility index (Phi) is 3.41. The van der Waals surface area contributed by atoms with Gasteiger partial charge < -0.3 is 15.0 Å². The molecule has 4 heteroatoms. The number of H-pyrrole nitrogens is 1. The van der Waals surface area contributed by atoms with Gasteiger partial charge in [0.05, 0.1) is 11.0 Å². The highest BCUT2D eigenvalue weighted by molar-refractivity contribution is 5.75. The molecule has 0 radical (unpaired) electrons. The molecule has 1 heterocycles. The summed E-state index contributed by atoms with van der Waals surface area (Å²) in [6.45, 7) is 5.68. The molecule has 86 valence electrons. The zero-order valence-electron chi connectivity index (χ0n) is 9.66. The van der Waals surface area contributed by atoms with Gasteiger partial charge in [-0.15, -0.1) is 0 Å². The van der Waals surface area contributed by atoms with E-state index in [1.54, 1.807) is 0 Å². The number of aromatic nitrogens is 2. The highest BCUT2D eigenvalue weighted by Gasteiger charge is 2.01. The molecule has 0 unspecified atom stereocenters. The summed E-state index contributed by atoms with van der Waals surface area (Å²) < 4.78 is 5.51. The predicted octanol–water partition coefficient (Wildman–Crippen LogP) is 1.94. The van der Waals surface area contributed by atoms with Gasteiger partial charge in [-0.25, -0.2) is 0 Å². The van der Waals surface area contributed by atoms with Crippen molar-refractivity contribution in [2.24, 2.45) is 0 Å². The molecule has 0 bridgehead atoms. The summed E-state index contributed by atoms with van der Waals surface area (Å²) in [5, 5.41) is 3.28. The molecule has 16 heavy (non-hydrogen) atoms. The minimum atomic E-state index is 0.485. The second-order valence-corrected chi connectivity index (χ2v) is 4.02. The SMILES string of the molecule is CC(C)NCCOc1nc2ccccc2[nH]1. The molecular formula is C12H17N3O. The van der Waals surface area contributed by atoms with Crippen LogP contribution < -0.4 is 10.1 Å². The number of nitrogens with zero attached hydrogens (tertiary/aromatic N) is 1. The van der Waals surface area contributed by atoms with E-state index in [0.717, 1.165) is 17.6 Å². The van der Waals surface area contributed by atoms with Crippen molar-refractivity contribution in [1.82, 2.24) is 15.3 Å². The van der Waals surface area contributed by atoms with E-state index < -0.39 is 0 Å². The number of aromatic amines is 1. The van der Waals surface area contributed by atoms with Crippen molar-refractivity contribution in [2.45, 2.75) is 19.9 Å². The van der Waals surface area contributed by atoms with Crippen molar-refractivity contribution >= 4 is 11.0 Å². The summed E-state index contributed by atoms with van der Waals surface area (Å²) in [5.41, 5.74) is 1.95. The Morgan fingerprint density at radius 2 is 2.19 bits per heavy atom. The molecule has 0 aliphatic heterocycles. The Bertz CT molecular complexity index is 417. The van der Waals surface area contributed by atoms with Crippen molar-refractivity contribution in [3.8, 4) is 6.01 Å². The molecule has 0 atom stereocenters. The number of nitrogens with one attached hydrogen (secondary N) is 2. The van der Waals surface area contributed by atoms with Crippen molar-refractivity contribution in [1.29, 1.82) is 0 Å². The fraction of sp³-hybridized carbons (Fsp3) is 0.417. The molecule has 2 rings (SSSR count). The summed E-state index contributed by atoms with van der Waals surface area (Å²) >= 11 is 0. The molecule has 4 nitrogen and oxygen atoms in total. The largest absolute Gasteiger partial charge is 0.463 e. The van der Waals surface area contributed by atoms with Gasteiger partial charge in [-0.2, -0.15) is 4.98 Å². The summed E-state index contributed by atoms with van der Waals surface area (Å²) in [6, 6.07) is 8.97. The van der Waals surface area contributed by atoms with Crippen molar-refractivity contribution in [3.05, 3.63) is 24.3 Å². The van der Waals surface area contributed by atoms with Crippen LogP contribution in [-0.4, -0.2) is 29.2 Å². The second kappa shape index (κ2) is 4.99. The van der Waals surface area contributed by atoms with Gasteiger partial charge in [-0.3, -0.25) is 0 Å². The molecule has 2 aromatic rings. The third kappa shape index (κ3) is 2.73. The first-order chi connectivity index (χ1) is 7.75.